The SMILES string of the molecule is C=C(C(C)C)[C@H](CNC(C)C)c1cc(F)cc(Cl)c1. The predicted molar refractivity (Wildman–Crippen MR) is 81.3 cm³/mol. The van der Waals surface area contributed by atoms with Gasteiger partial charge in [0.05, 0.1) is 0 Å². The largest absolute Gasteiger partial charge is 0.314 e. The molecule has 0 spiro atoms. The quantitative estimate of drug-likeness (QED) is 0.741. The summed E-state index contributed by atoms with van der Waals surface area (Å²) < 4.78 is 13.5. The molecule has 1 atom stereocenters. The van der Waals surface area contributed by atoms with Gasteiger partial charge in [-0.1, -0.05) is 51.4 Å². The summed E-state index contributed by atoms with van der Waals surface area (Å²) in [6.07, 6.45) is 0. The molecule has 1 nitrogen and oxygen atoms in total. The Morgan fingerprint density at radius 1 is 1.26 bits per heavy atom. The Morgan fingerprint density at radius 3 is 2.37 bits per heavy atom. The molecule has 0 aliphatic rings. The van der Waals surface area contributed by atoms with Crippen LogP contribution in [0.2, 0.25) is 5.02 Å². The van der Waals surface area contributed by atoms with Crippen LogP contribution in [0.4, 0.5) is 4.39 Å². The number of benzene rings is 1. The summed E-state index contributed by atoms with van der Waals surface area (Å²) in [5.74, 6) is 0.130. The van der Waals surface area contributed by atoms with Crippen LogP contribution >= 0.6 is 11.6 Å². The van der Waals surface area contributed by atoms with E-state index < -0.39 is 0 Å². The van der Waals surface area contributed by atoms with Gasteiger partial charge in [-0.05, 0) is 29.7 Å². The van der Waals surface area contributed by atoms with E-state index in [9.17, 15) is 4.39 Å². The van der Waals surface area contributed by atoms with Gasteiger partial charge in [-0.15, -0.1) is 0 Å². The number of rotatable bonds is 6. The van der Waals surface area contributed by atoms with Gasteiger partial charge >= 0.3 is 0 Å². The molecule has 1 N–H and O–H groups in total. The van der Waals surface area contributed by atoms with Crippen molar-refractivity contribution in [2.45, 2.75) is 39.7 Å². The summed E-state index contributed by atoms with van der Waals surface area (Å²) in [5.41, 5.74) is 1.98. The predicted octanol–water partition coefficient (Wildman–Crippen LogP) is 4.77. The Labute approximate surface area is 120 Å². The smallest absolute Gasteiger partial charge is 0.124 e. The molecule has 3 heteroatoms. The van der Waals surface area contributed by atoms with Gasteiger partial charge in [0.2, 0.25) is 0 Å². The Morgan fingerprint density at radius 2 is 1.89 bits per heavy atom. The number of nitrogens with one attached hydrogen (secondary N) is 1. The third kappa shape index (κ3) is 4.96. The molecule has 0 fully saturated rings. The zero-order chi connectivity index (χ0) is 14.6. The summed E-state index contributed by atoms with van der Waals surface area (Å²) in [4.78, 5) is 0. The van der Waals surface area contributed by atoms with E-state index in [0.29, 0.717) is 17.0 Å². The van der Waals surface area contributed by atoms with Crippen LogP contribution in [0.25, 0.3) is 0 Å². The first-order valence-corrected chi connectivity index (χ1v) is 7.07. The van der Waals surface area contributed by atoms with Crippen LogP contribution in [0.5, 0.6) is 0 Å². The van der Waals surface area contributed by atoms with E-state index in [2.05, 4.69) is 39.6 Å². The Balaban J connectivity index is 3.03. The summed E-state index contributed by atoms with van der Waals surface area (Å²) >= 11 is 5.95. The van der Waals surface area contributed by atoms with E-state index in [1.54, 1.807) is 6.07 Å². The van der Waals surface area contributed by atoms with Gasteiger partial charge in [-0.3, -0.25) is 0 Å². The van der Waals surface area contributed by atoms with Gasteiger partial charge in [0.25, 0.3) is 0 Å². The van der Waals surface area contributed by atoms with E-state index in [4.69, 9.17) is 11.6 Å². The molecule has 0 saturated heterocycles. The summed E-state index contributed by atoms with van der Waals surface area (Å²) in [7, 11) is 0. The summed E-state index contributed by atoms with van der Waals surface area (Å²) in [6, 6.07) is 5.08. The first kappa shape index (κ1) is 16.2. The van der Waals surface area contributed by atoms with E-state index >= 15 is 0 Å². The molecule has 1 rings (SSSR count). The Bertz CT molecular complexity index is 420. The summed E-state index contributed by atoms with van der Waals surface area (Å²) in [6.45, 7) is 13.3. The average molecular weight is 284 g/mol. The third-order valence-electron chi connectivity index (χ3n) is 3.21. The van der Waals surface area contributed by atoms with Gasteiger partial charge in [0.15, 0.2) is 0 Å². The lowest BCUT2D eigenvalue weighted by atomic mass is 9.85. The second-order valence-electron chi connectivity index (χ2n) is 5.55. The minimum atomic E-state index is -0.298. The van der Waals surface area contributed by atoms with Crippen molar-refractivity contribution in [2.24, 2.45) is 5.92 Å². The van der Waals surface area contributed by atoms with Crippen molar-refractivity contribution in [2.75, 3.05) is 6.54 Å². The highest BCUT2D eigenvalue weighted by molar-refractivity contribution is 6.30. The fourth-order valence-electron chi connectivity index (χ4n) is 2.00. The topological polar surface area (TPSA) is 12.0 Å². The average Bonchev–Trinajstić information content (AvgIpc) is 2.27. The van der Waals surface area contributed by atoms with Crippen LogP contribution in [0, 0.1) is 11.7 Å². The van der Waals surface area contributed by atoms with Gasteiger partial charge in [-0.2, -0.15) is 0 Å². The summed E-state index contributed by atoms with van der Waals surface area (Å²) in [5, 5.41) is 3.82. The second kappa shape index (κ2) is 7.06. The normalized spacial score (nSPS) is 13.1. The molecule has 1 aromatic carbocycles. The maximum Gasteiger partial charge on any atom is 0.124 e. The molecule has 0 aliphatic heterocycles. The minimum Gasteiger partial charge on any atom is -0.314 e. The number of halogens is 2. The first-order valence-electron chi connectivity index (χ1n) is 6.69. The zero-order valence-electron chi connectivity index (χ0n) is 12.1. The Kier molecular flexibility index (Phi) is 6.02. The van der Waals surface area contributed by atoms with E-state index in [1.807, 2.05) is 6.07 Å². The van der Waals surface area contributed by atoms with Crippen LogP contribution in [-0.4, -0.2) is 12.6 Å². The van der Waals surface area contributed by atoms with Crippen molar-refractivity contribution in [3.63, 3.8) is 0 Å². The van der Waals surface area contributed by atoms with Crippen LogP contribution in [0.3, 0.4) is 0 Å². The van der Waals surface area contributed by atoms with Crippen LogP contribution in [-0.2, 0) is 0 Å². The molecule has 0 saturated carbocycles. The molecule has 0 aromatic heterocycles. The lowest BCUT2D eigenvalue weighted by Crippen LogP contribution is -2.29. The Hall–Kier alpha value is -0.860. The lowest BCUT2D eigenvalue weighted by molar-refractivity contribution is 0.532. The maximum atomic E-state index is 13.5. The number of hydrogen-bond acceptors (Lipinski definition) is 1. The van der Waals surface area contributed by atoms with Gasteiger partial charge in [-0.25, -0.2) is 4.39 Å². The van der Waals surface area contributed by atoms with Gasteiger partial charge < -0.3 is 5.32 Å². The van der Waals surface area contributed by atoms with Crippen molar-refractivity contribution in [3.05, 3.63) is 46.8 Å². The molecule has 1 aromatic rings. The molecule has 0 heterocycles. The van der Waals surface area contributed by atoms with E-state index in [1.165, 1.54) is 6.07 Å². The van der Waals surface area contributed by atoms with Crippen LogP contribution in [0.1, 0.15) is 39.2 Å². The van der Waals surface area contributed by atoms with Gasteiger partial charge in [0.1, 0.15) is 5.82 Å². The molecule has 106 valence electrons. The fourth-order valence-corrected chi connectivity index (χ4v) is 2.23. The maximum absolute atomic E-state index is 13.5. The first-order chi connectivity index (χ1) is 8.81. The lowest BCUT2D eigenvalue weighted by Gasteiger charge is -2.24. The molecule has 19 heavy (non-hydrogen) atoms. The molecular weight excluding hydrogens is 261 g/mol. The molecule has 0 radical (unpaired) electrons. The molecule has 0 unspecified atom stereocenters. The standard InChI is InChI=1S/C16H23ClFN/c1-10(2)12(5)16(9-19-11(3)4)13-6-14(17)8-15(18)7-13/h6-8,10-11,16,19H,5,9H2,1-4H3/t16-/m0/s1. The fraction of sp³-hybridized carbons (Fsp3) is 0.500. The molecule has 0 bridgehead atoms. The highest BCUT2D eigenvalue weighted by atomic mass is 35.5. The van der Waals surface area contributed by atoms with Gasteiger partial charge in [0, 0.05) is 23.5 Å². The van der Waals surface area contributed by atoms with Crippen molar-refractivity contribution < 1.29 is 4.39 Å². The molecule has 0 amide bonds. The van der Waals surface area contributed by atoms with Crippen molar-refractivity contribution in [1.82, 2.24) is 5.32 Å². The van der Waals surface area contributed by atoms with E-state index in [0.717, 1.165) is 17.7 Å². The highest BCUT2D eigenvalue weighted by Gasteiger charge is 2.19. The van der Waals surface area contributed by atoms with Crippen LogP contribution < -0.4 is 5.32 Å². The zero-order valence-corrected chi connectivity index (χ0v) is 12.9. The van der Waals surface area contributed by atoms with Crippen molar-refractivity contribution in [3.8, 4) is 0 Å². The molecular formula is C16H23ClFN. The number of hydrogen-bond donors (Lipinski definition) is 1. The highest BCUT2D eigenvalue weighted by Crippen LogP contribution is 2.30. The van der Waals surface area contributed by atoms with Crippen molar-refractivity contribution in [1.29, 1.82) is 0 Å². The second-order valence-corrected chi connectivity index (χ2v) is 5.98. The van der Waals surface area contributed by atoms with Crippen molar-refractivity contribution >= 4 is 11.6 Å². The molecule has 0 aliphatic carbocycles. The minimum absolute atomic E-state index is 0.0793. The van der Waals surface area contributed by atoms with E-state index in [-0.39, 0.29) is 11.7 Å². The van der Waals surface area contributed by atoms with Crippen LogP contribution in [0.15, 0.2) is 30.4 Å². The third-order valence-corrected chi connectivity index (χ3v) is 3.42. The monoisotopic (exact) mass is 283 g/mol.